The second-order valence-electron chi connectivity index (χ2n) is 4.91. The molecule has 106 valence electrons. The Labute approximate surface area is 124 Å². The van der Waals surface area contributed by atoms with Gasteiger partial charge in [-0.05, 0) is 54.8 Å². The number of halogens is 2. The topological polar surface area (TPSA) is 12.0 Å². The van der Waals surface area contributed by atoms with Crippen LogP contribution in [-0.4, -0.2) is 6.54 Å². The zero-order valence-electron chi connectivity index (χ0n) is 11.8. The highest BCUT2D eigenvalue weighted by Crippen LogP contribution is 2.30. The molecule has 2 aromatic carbocycles. The molecule has 0 heterocycles. The van der Waals surface area contributed by atoms with Crippen LogP contribution < -0.4 is 5.32 Å². The summed E-state index contributed by atoms with van der Waals surface area (Å²) in [6, 6.07) is 12.6. The Kier molecular flexibility index (Phi) is 5.16. The molecule has 0 bridgehead atoms. The maximum Gasteiger partial charge on any atom is 0.123 e. The highest BCUT2D eigenvalue weighted by molar-refractivity contribution is 6.31. The van der Waals surface area contributed by atoms with Gasteiger partial charge in [-0.15, -0.1) is 0 Å². The van der Waals surface area contributed by atoms with Crippen molar-refractivity contribution in [3.63, 3.8) is 0 Å². The molecule has 0 aliphatic rings. The standard InChI is InChI=1S/C17H19ClFN/c1-3-10-20-17(14-7-5-4-6-12(14)2)15-11-13(19)8-9-16(15)18/h4-9,11,17,20H,3,10H2,1-2H3. The summed E-state index contributed by atoms with van der Waals surface area (Å²) < 4.78 is 13.6. The molecular weight excluding hydrogens is 273 g/mol. The van der Waals surface area contributed by atoms with Crippen molar-refractivity contribution in [2.24, 2.45) is 0 Å². The Balaban J connectivity index is 2.47. The van der Waals surface area contributed by atoms with Gasteiger partial charge in [0.25, 0.3) is 0 Å². The summed E-state index contributed by atoms with van der Waals surface area (Å²) in [5.41, 5.74) is 3.09. The number of aryl methyl sites for hydroxylation is 1. The summed E-state index contributed by atoms with van der Waals surface area (Å²) in [4.78, 5) is 0. The molecule has 0 amide bonds. The maximum absolute atomic E-state index is 13.6. The third-order valence-electron chi connectivity index (χ3n) is 3.37. The van der Waals surface area contributed by atoms with Gasteiger partial charge < -0.3 is 5.32 Å². The molecule has 2 rings (SSSR count). The summed E-state index contributed by atoms with van der Waals surface area (Å²) in [7, 11) is 0. The van der Waals surface area contributed by atoms with Gasteiger partial charge in [-0.3, -0.25) is 0 Å². The number of nitrogens with one attached hydrogen (secondary N) is 1. The van der Waals surface area contributed by atoms with Crippen molar-refractivity contribution in [2.45, 2.75) is 26.3 Å². The number of hydrogen-bond acceptors (Lipinski definition) is 1. The van der Waals surface area contributed by atoms with E-state index in [9.17, 15) is 4.39 Å². The first-order valence-electron chi connectivity index (χ1n) is 6.87. The third kappa shape index (κ3) is 3.38. The van der Waals surface area contributed by atoms with Crippen LogP contribution >= 0.6 is 11.6 Å². The highest BCUT2D eigenvalue weighted by atomic mass is 35.5. The van der Waals surface area contributed by atoms with Crippen LogP contribution in [0, 0.1) is 12.7 Å². The molecule has 0 aromatic heterocycles. The molecule has 3 heteroatoms. The fourth-order valence-corrected chi connectivity index (χ4v) is 2.55. The van der Waals surface area contributed by atoms with E-state index in [0.717, 1.165) is 24.1 Å². The van der Waals surface area contributed by atoms with Crippen molar-refractivity contribution in [3.8, 4) is 0 Å². The second kappa shape index (κ2) is 6.87. The first-order valence-corrected chi connectivity index (χ1v) is 7.25. The van der Waals surface area contributed by atoms with E-state index in [1.165, 1.54) is 17.7 Å². The minimum atomic E-state index is -0.263. The molecule has 0 aliphatic heterocycles. The van der Waals surface area contributed by atoms with E-state index < -0.39 is 0 Å². The summed E-state index contributed by atoms with van der Waals surface area (Å²) in [6.45, 7) is 5.02. The fraction of sp³-hybridized carbons (Fsp3) is 0.294. The lowest BCUT2D eigenvalue weighted by molar-refractivity contribution is 0.584. The normalized spacial score (nSPS) is 12.4. The van der Waals surface area contributed by atoms with E-state index in [1.807, 2.05) is 12.1 Å². The maximum atomic E-state index is 13.6. The Hall–Kier alpha value is -1.38. The molecular formula is C17H19ClFN. The van der Waals surface area contributed by atoms with Crippen molar-refractivity contribution in [3.05, 3.63) is 70.0 Å². The molecule has 1 nitrogen and oxygen atoms in total. The van der Waals surface area contributed by atoms with E-state index >= 15 is 0 Å². The van der Waals surface area contributed by atoms with Crippen LogP contribution in [0.5, 0.6) is 0 Å². The van der Waals surface area contributed by atoms with Crippen molar-refractivity contribution in [1.29, 1.82) is 0 Å². The summed E-state index contributed by atoms with van der Waals surface area (Å²) in [5, 5.41) is 4.05. The van der Waals surface area contributed by atoms with Crippen molar-refractivity contribution in [2.75, 3.05) is 6.54 Å². The predicted octanol–water partition coefficient (Wildman–Crippen LogP) is 4.88. The molecule has 0 fully saturated rings. The van der Waals surface area contributed by atoms with E-state index in [2.05, 4.69) is 31.3 Å². The van der Waals surface area contributed by atoms with Crippen LogP contribution in [0.15, 0.2) is 42.5 Å². The predicted molar refractivity (Wildman–Crippen MR) is 82.7 cm³/mol. The average Bonchev–Trinajstić information content (AvgIpc) is 2.44. The quantitative estimate of drug-likeness (QED) is 0.828. The van der Waals surface area contributed by atoms with Gasteiger partial charge >= 0.3 is 0 Å². The average molecular weight is 292 g/mol. The van der Waals surface area contributed by atoms with Crippen LogP contribution in [0.3, 0.4) is 0 Å². The van der Waals surface area contributed by atoms with Gasteiger partial charge in [-0.1, -0.05) is 42.8 Å². The molecule has 1 unspecified atom stereocenters. The lowest BCUT2D eigenvalue weighted by Gasteiger charge is -2.22. The summed E-state index contributed by atoms with van der Waals surface area (Å²) in [6.07, 6.45) is 1.01. The van der Waals surface area contributed by atoms with E-state index in [1.54, 1.807) is 6.07 Å². The van der Waals surface area contributed by atoms with Gasteiger partial charge in [0, 0.05) is 5.02 Å². The Morgan fingerprint density at radius 3 is 2.60 bits per heavy atom. The third-order valence-corrected chi connectivity index (χ3v) is 3.71. The fourth-order valence-electron chi connectivity index (χ4n) is 2.32. The Morgan fingerprint density at radius 1 is 1.15 bits per heavy atom. The molecule has 0 saturated carbocycles. The van der Waals surface area contributed by atoms with Crippen LogP contribution in [0.25, 0.3) is 0 Å². The first-order chi connectivity index (χ1) is 9.63. The van der Waals surface area contributed by atoms with Crippen molar-refractivity contribution < 1.29 is 4.39 Å². The zero-order chi connectivity index (χ0) is 14.5. The van der Waals surface area contributed by atoms with Crippen molar-refractivity contribution in [1.82, 2.24) is 5.32 Å². The molecule has 1 atom stereocenters. The van der Waals surface area contributed by atoms with Crippen LogP contribution in [0.2, 0.25) is 5.02 Å². The molecule has 0 aliphatic carbocycles. The number of benzene rings is 2. The highest BCUT2D eigenvalue weighted by Gasteiger charge is 2.18. The van der Waals surface area contributed by atoms with Crippen LogP contribution in [0.1, 0.15) is 36.1 Å². The summed E-state index contributed by atoms with van der Waals surface area (Å²) in [5.74, 6) is -0.263. The summed E-state index contributed by atoms with van der Waals surface area (Å²) >= 11 is 6.27. The Morgan fingerprint density at radius 2 is 1.90 bits per heavy atom. The van der Waals surface area contributed by atoms with Gasteiger partial charge in [-0.25, -0.2) is 4.39 Å². The van der Waals surface area contributed by atoms with E-state index in [-0.39, 0.29) is 11.9 Å². The molecule has 0 saturated heterocycles. The van der Waals surface area contributed by atoms with Gasteiger partial charge in [-0.2, -0.15) is 0 Å². The minimum absolute atomic E-state index is 0.0839. The van der Waals surface area contributed by atoms with Crippen molar-refractivity contribution >= 4 is 11.6 Å². The minimum Gasteiger partial charge on any atom is -0.306 e. The molecule has 20 heavy (non-hydrogen) atoms. The second-order valence-corrected chi connectivity index (χ2v) is 5.32. The number of hydrogen-bond donors (Lipinski definition) is 1. The number of rotatable bonds is 5. The lowest BCUT2D eigenvalue weighted by atomic mass is 9.94. The smallest absolute Gasteiger partial charge is 0.123 e. The molecule has 1 N–H and O–H groups in total. The Bertz CT molecular complexity index is 583. The monoisotopic (exact) mass is 291 g/mol. The van der Waals surface area contributed by atoms with Gasteiger partial charge in [0.05, 0.1) is 6.04 Å². The largest absolute Gasteiger partial charge is 0.306 e. The van der Waals surface area contributed by atoms with Crippen LogP contribution in [0.4, 0.5) is 4.39 Å². The molecule has 0 spiro atoms. The molecule has 2 aromatic rings. The van der Waals surface area contributed by atoms with Gasteiger partial charge in [0.15, 0.2) is 0 Å². The van der Waals surface area contributed by atoms with Gasteiger partial charge in [0.1, 0.15) is 5.82 Å². The van der Waals surface area contributed by atoms with Crippen LogP contribution in [-0.2, 0) is 0 Å². The SMILES string of the molecule is CCCNC(c1ccccc1C)c1cc(F)ccc1Cl. The zero-order valence-corrected chi connectivity index (χ0v) is 12.5. The van der Waals surface area contributed by atoms with E-state index in [4.69, 9.17) is 11.6 Å². The lowest BCUT2D eigenvalue weighted by Crippen LogP contribution is -2.24. The molecule has 0 radical (unpaired) electrons. The van der Waals surface area contributed by atoms with E-state index in [0.29, 0.717) is 5.02 Å². The van der Waals surface area contributed by atoms with Gasteiger partial charge in [0.2, 0.25) is 0 Å². The first kappa shape index (κ1) is 15.0.